The van der Waals surface area contributed by atoms with Gasteiger partial charge >= 0.3 is 11.9 Å². The first kappa shape index (κ1) is 29.0. The van der Waals surface area contributed by atoms with Gasteiger partial charge in [0, 0.05) is 5.75 Å². The van der Waals surface area contributed by atoms with Crippen LogP contribution in [0.4, 0.5) is 0 Å². The van der Waals surface area contributed by atoms with Crippen molar-refractivity contribution in [2.45, 2.75) is 57.3 Å². The molecule has 0 aromatic heterocycles. The first-order valence-corrected chi connectivity index (χ1v) is 11.7. The van der Waals surface area contributed by atoms with E-state index in [4.69, 9.17) is 10.8 Å². The van der Waals surface area contributed by atoms with E-state index in [2.05, 4.69) is 28.6 Å². The molecule has 0 heterocycles. The summed E-state index contributed by atoms with van der Waals surface area (Å²) in [5, 5.41) is 25.5. The van der Waals surface area contributed by atoms with Crippen LogP contribution in [0.3, 0.4) is 0 Å². The molecular formula is C18H32N4O7S2. The third kappa shape index (κ3) is 11.8. The summed E-state index contributed by atoms with van der Waals surface area (Å²) in [5.74, 6) is -4.45. The number of aliphatic carboxylic acids is 2. The number of hydrogen-bond acceptors (Lipinski definition) is 8. The van der Waals surface area contributed by atoms with E-state index in [1.54, 1.807) is 20.1 Å². The normalized spacial score (nSPS) is 14.8. The number of rotatable bonds is 15. The molecule has 0 aromatic rings. The molecule has 7 N–H and O–H groups in total. The third-order valence-corrected chi connectivity index (χ3v) is 5.15. The molecule has 13 heteroatoms. The van der Waals surface area contributed by atoms with E-state index < -0.39 is 60.2 Å². The van der Waals surface area contributed by atoms with Crippen molar-refractivity contribution in [2.75, 3.05) is 17.8 Å². The zero-order chi connectivity index (χ0) is 24.1. The van der Waals surface area contributed by atoms with Crippen LogP contribution in [-0.2, 0) is 24.0 Å². The van der Waals surface area contributed by atoms with Crippen molar-refractivity contribution in [1.82, 2.24) is 16.0 Å². The molecule has 3 amide bonds. The van der Waals surface area contributed by atoms with Gasteiger partial charge in [-0.3, -0.25) is 19.2 Å². The van der Waals surface area contributed by atoms with Crippen LogP contribution in [0.5, 0.6) is 0 Å². The molecule has 31 heavy (non-hydrogen) atoms. The van der Waals surface area contributed by atoms with Crippen LogP contribution in [-0.4, -0.2) is 81.8 Å². The minimum Gasteiger partial charge on any atom is -0.481 e. The molecule has 0 aliphatic carbocycles. The second kappa shape index (κ2) is 14.9. The summed E-state index contributed by atoms with van der Waals surface area (Å²) in [7, 11) is 0. The number of carboxylic acids is 2. The van der Waals surface area contributed by atoms with Crippen LogP contribution in [0.15, 0.2) is 0 Å². The van der Waals surface area contributed by atoms with Gasteiger partial charge in [0.15, 0.2) is 0 Å². The molecule has 0 rings (SSSR count). The average molecular weight is 481 g/mol. The largest absolute Gasteiger partial charge is 0.481 e. The predicted octanol–water partition coefficient (Wildman–Crippen LogP) is -0.944. The molecule has 0 bridgehead atoms. The second-order valence-corrected chi connectivity index (χ2v) is 8.67. The predicted molar refractivity (Wildman–Crippen MR) is 120 cm³/mol. The molecule has 0 aliphatic rings. The minimum absolute atomic E-state index is 0.0453. The lowest BCUT2D eigenvalue weighted by Gasteiger charge is -2.24. The van der Waals surface area contributed by atoms with E-state index in [1.807, 2.05) is 0 Å². The van der Waals surface area contributed by atoms with Crippen molar-refractivity contribution in [1.29, 1.82) is 0 Å². The molecule has 178 valence electrons. The Morgan fingerprint density at radius 3 is 1.90 bits per heavy atom. The fourth-order valence-corrected chi connectivity index (χ4v) is 3.12. The zero-order valence-electron chi connectivity index (χ0n) is 17.8. The SMILES string of the molecule is CSCCC(NC(=O)C(N)CS)C(=O)NC(CC(=O)O)C(=O)NC(CC(C)C)C(=O)O. The highest BCUT2D eigenvalue weighted by Crippen LogP contribution is 2.07. The molecule has 11 nitrogen and oxygen atoms in total. The van der Waals surface area contributed by atoms with E-state index in [0.29, 0.717) is 5.75 Å². The molecule has 4 unspecified atom stereocenters. The summed E-state index contributed by atoms with van der Waals surface area (Å²) in [6, 6.07) is -4.76. The number of nitrogens with two attached hydrogens (primary N) is 1. The summed E-state index contributed by atoms with van der Waals surface area (Å²) in [6.45, 7) is 3.54. The summed E-state index contributed by atoms with van der Waals surface area (Å²) in [6.07, 6.45) is 1.38. The molecule has 0 aromatic carbocycles. The van der Waals surface area contributed by atoms with Crippen LogP contribution in [0, 0.1) is 5.92 Å². The maximum atomic E-state index is 12.7. The van der Waals surface area contributed by atoms with Gasteiger partial charge in [-0.2, -0.15) is 24.4 Å². The number of thioether (sulfide) groups is 1. The Morgan fingerprint density at radius 1 is 0.935 bits per heavy atom. The topological polar surface area (TPSA) is 188 Å². The maximum Gasteiger partial charge on any atom is 0.326 e. The Morgan fingerprint density at radius 2 is 1.45 bits per heavy atom. The van der Waals surface area contributed by atoms with Crippen LogP contribution in [0.2, 0.25) is 0 Å². The second-order valence-electron chi connectivity index (χ2n) is 7.32. The lowest BCUT2D eigenvalue weighted by Crippen LogP contribution is -2.57. The van der Waals surface area contributed by atoms with Gasteiger partial charge in [-0.1, -0.05) is 13.8 Å². The maximum absolute atomic E-state index is 12.7. The van der Waals surface area contributed by atoms with Gasteiger partial charge in [0.1, 0.15) is 18.1 Å². The molecule has 0 aliphatic heterocycles. The monoisotopic (exact) mass is 480 g/mol. The number of thiol groups is 1. The van der Waals surface area contributed by atoms with Gasteiger partial charge in [-0.15, -0.1) is 0 Å². The van der Waals surface area contributed by atoms with Crippen molar-refractivity contribution in [3.05, 3.63) is 0 Å². The van der Waals surface area contributed by atoms with Crippen LogP contribution < -0.4 is 21.7 Å². The molecule has 0 radical (unpaired) electrons. The lowest BCUT2D eigenvalue weighted by atomic mass is 10.0. The van der Waals surface area contributed by atoms with Crippen molar-refractivity contribution in [2.24, 2.45) is 11.7 Å². The van der Waals surface area contributed by atoms with E-state index in [0.717, 1.165) is 0 Å². The van der Waals surface area contributed by atoms with E-state index in [1.165, 1.54) is 11.8 Å². The van der Waals surface area contributed by atoms with Gasteiger partial charge in [0.2, 0.25) is 17.7 Å². The van der Waals surface area contributed by atoms with Gasteiger partial charge in [-0.05, 0) is 30.8 Å². The van der Waals surface area contributed by atoms with E-state index >= 15 is 0 Å². The average Bonchev–Trinajstić information content (AvgIpc) is 2.68. The Labute approximate surface area is 191 Å². The number of carbonyl (C=O) groups excluding carboxylic acids is 3. The fourth-order valence-electron chi connectivity index (χ4n) is 2.49. The van der Waals surface area contributed by atoms with Crippen molar-refractivity contribution in [3.8, 4) is 0 Å². The molecule has 0 saturated heterocycles. The summed E-state index contributed by atoms with van der Waals surface area (Å²) in [5.41, 5.74) is 5.61. The van der Waals surface area contributed by atoms with Gasteiger partial charge in [-0.25, -0.2) is 4.79 Å². The first-order valence-electron chi connectivity index (χ1n) is 9.63. The van der Waals surface area contributed by atoms with Crippen molar-refractivity contribution >= 4 is 54.1 Å². The third-order valence-electron chi connectivity index (χ3n) is 4.11. The molecular weight excluding hydrogens is 448 g/mol. The number of carboxylic acid groups (broad SMARTS) is 2. The summed E-state index contributed by atoms with van der Waals surface area (Å²) >= 11 is 5.36. The van der Waals surface area contributed by atoms with E-state index in [-0.39, 0.29) is 24.5 Å². The minimum atomic E-state index is -1.52. The lowest BCUT2D eigenvalue weighted by molar-refractivity contribution is -0.144. The van der Waals surface area contributed by atoms with E-state index in [9.17, 15) is 29.1 Å². The van der Waals surface area contributed by atoms with Gasteiger partial charge in [0.05, 0.1) is 12.5 Å². The summed E-state index contributed by atoms with van der Waals surface area (Å²) < 4.78 is 0. The summed E-state index contributed by atoms with van der Waals surface area (Å²) in [4.78, 5) is 59.9. The fraction of sp³-hybridized carbons (Fsp3) is 0.722. The first-order chi connectivity index (χ1) is 14.4. The highest BCUT2D eigenvalue weighted by atomic mass is 32.2. The molecule has 0 spiro atoms. The quantitative estimate of drug-likeness (QED) is 0.145. The standard InChI is InChI=1S/C18H32N4O7S2/c1-9(2)6-13(18(28)29)22-17(27)12(7-14(23)24)21-16(26)11(4-5-31-3)20-15(25)10(19)8-30/h9-13,30H,4-8,19H2,1-3H3,(H,20,25)(H,21,26)(H,22,27)(H,23,24)(H,28,29). The Kier molecular flexibility index (Phi) is 14.0. The number of amides is 3. The number of nitrogens with one attached hydrogen (secondary N) is 3. The highest BCUT2D eigenvalue weighted by molar-refractivity contribution is 7.98. The highest BCUT2D eigenvalue weighted by Gasteiger charge is 2.31. The van der Waals surface area contributed by atoms with Gasteiger partial charge < -0.3 is 31.9 Å². The molecule has 4 atom stereocenters. The van der Waals surface area contributed by atoms with Crippen LogP contribution in [0.25, 0.3) is 0 Å². The molecule has 0 fully saturated rings. The van der Waals surface area contributed by atoms with Crippen LogP contribution >= 0.6 is 24.4 Å². The number of hydrogen-bond donors (Lipinski definition) is 7. The van der Waals surface area contributed by atoms with Crippen molar-refractivity contribution < 1.29 is 34.2 Å². The Hall–Kier alpha value is -1.99. The Bertz CT molecular complexity index is 648. The Balaban J connectivity index is 5.43. The van der Waals surface area contributed by atoms with Gasteiger partial charge in [0.25, 0.3) is 0 Å². The van der Waals surface area contributed by atoms with Crippen LogP contribution in [0.1, 0.15) is 33.1 Å². The molecule has 0 saturated carbocycles. The van der Waals surface area contributed by atoms with Crippen molar-refractivity contribution in [3.63, 3.8) is 0 Å². The smallest absolute Gasteiger partial charge is 0.326 e. The number of carbonyl (C=O) groups is 5. The zero-order valence-corrected chi connectivity index (χ0v) is 19.5.